The average molecular weight is 417 g/mol. The number of carbonyl (C=O) groups excluding carboxylic acids is 2. The quantitative estimate of drug-likeness (QED) is 0.760. The number of rotatable bonds is 3. The summed E-state index contributed by atoms with van der Waals surface area (Å²) in [5.41, 5.74) is 0.113. The first kappa shape index (κ1) is 20.5. The van der Waals surface area contributed by atoms with Crippen molar-refractivity contribution < 1.29 is 22.8 Å². The van der Waals surface area contributed by atoms with Crippen LogP contribution in [0.3, 0.4) is 0 Å². The molecule has 2 aliphatic rings. The predicted octanol–water partition coefficient (Wildman–Crippen LogP) is 3.91. The van der Waals surface area contributed by atoms with Crippen molar-refractivity contribution in [3.05, 3.63) is 52.7 Å². The second kappa shape index (κ2) is 8.53. The van der Waals surface area contributed by atoms with Gasteiger partial charge in [-0.2, -0.15) is 0 Å². The normalized spacial score (nSPS) is 18.0. The molecular formula is C22H25F2N3O3. The van der Waals surface area contributed by atoms with Crippen LogP contribution < -0.4 is 0 Å². The molecular weight excluding hydrogens is 392 g/mol. The minimum atomic E-state index is -0.729. The zero-order chi connectivity index (χ0) is 21.3. The maximum Gasteiger partial charge on any atom is 0.276 e. The molecule has 0 saturated carbocycles. The van der Waals surface area contributed by atoms with Crippen LogP contribution in [0.15, 0.2) is 22.6 Å². The number of oxazole rings is 1. The first-order valence-electron chi connectivity index (χ1n) is 10.4. The minimum absolute atomic E-state index is 0.0204. The fourth-order valence-electron chi connectivity index (χ4n) is 4.20. The summed E-state index contributed by atoms with van der Waals surface area (Å²) in [6, 6.07) is 2.89. The highest BCUT2D eigenvalue weighted by molar-refractivity contribution is 5.94. The monoisotopic (exact) mass is 417 g/mol. The lowest BCUT2D eigenvalue weighted by molar-refractivity contribution is 0.0699. The third-order valence-corrected chi connectivity index (χ3v) is 5.95. The lowest BCUT2D eigenvalue weighted by Crippen LogP contribution is -2.38. The Balaban J connectivity index is 1.41. The molecule has 160 valence electrons. The minimum Gasteiger partial charge on any atom is -0.445 e. The van der Waals surface area contributed by atoms with E-state index in [2.05, 4.69) is 4.98 Å². The van der Waals surface area contributed by atoms with Crippen LogP contribution in [-0.4, -0.2) is 52.8 Å². The van der Waals surface area contributed by atoms with E-state index in [1.807, 2.05) is 4.90 Å². The summed E-state index contributed by atoms with van der Waals surface area (Å²) in [6.07, 6.45) is 4.32. The van der Waals surface area contributed by atoms with Crippen molar-refractivity contribution >= 4 is 11.8 Å². The number of benzene rings is 1. The molecule has 2 aromatic rings. The first-order chi connectivity index (χ1) is 14.4. The maximum atomic E-state index is 13.9. The van der Waals surface area contributed by atoms with E-state index in [1.165, 1.54) is 4.90 Å². The van der Waals surface area contributed by atoms with Gasteiger partial charge >= 0.3 is 0 Å². The molecule has 1 aromatic carbocycles. The topological polar surface area (TPSA) is 66.7 Å². The van der Waals surface area contributed by atoms with E-state index in [-0.39, 0.29) is 17.4 Å². The van der Waals surface area contributed by atoms with E-state index in [1.54, 1.807) is 6.92 Å². The standard InChI is InChI=1S/C22H25F2N3O3/c1-14-19(22(29)26-9-3-2-4-10-26)25-20(30-14)15-7-11-27(12-8-15)21(28)17-13-16(23)5-6-18(17)24/h5-6,13,15H,2-4,7-12H2,1H3. The summed E-state index contributed by atoms with van der Waals surface area (Å²) in [5.74, 6) is -0.972. The lowest BCUT2D eigenvalue weighted by atomic mass is 9.96. The van der Waals surface area contributed by atoms with E-state index in [0.717, 1.165) is 50.6 Å². The molecule has 4 rings (SSSR count). The third-order valence-electron chi connectivity index (χ3n) is 5.95. The van der Waals surface area contributed by atoms with Crippen molar-refractivity contribution in [2.45, 2.75) is 44.9 Å². The summed E-state index contributed by atoms with van der Waals surface area (Å²) in [7, 11) is 0. The molecule has 0 unspecified atom stereocenters. The van der Waals surface area contributed by atoms with Gasteiger partial charge in [-0.3, -0.25) is 9.59 Å². The van der Waals surface area contributed by atoms with Gasteiger partial charge in [0.15, 0.2) is 11.6 Å². The zero-order valence-corrected chi connectivity index (χ0v) is 17.0. The molecule has 2 amide bonds. The van der Waals surface area contributed by atoms with Gasteiger partial charge in [-0.05, 0) is 57.2 Å². The summed E-state index contributed by atoms with van der Waals surface area (Å²) in [6.45, 7) is 4.01. The molecule has 8 heteroatoms. The molecule has 2 saturated heterocycles. The number of aromatic nitrogens is 1. The van der Waals surface area contributed by atoms with Gasteiger partial charge in [-0.1, -0.05) is 0 Å². The second-order valence-electron chi connectivity index (χ2n) is 8.00. The van der Waals surface area contributed by atoms with Crippen LogP contribution in [0, 0.1) is 18.6 Å². The van der Waals surface area contributed by atoms with E-state index in [0.29, 0.717) is 43.3 Å². The molecule has 3 heterocycles. The van der Waals surface area contributed by atoms with Gasteiger partial charge in [0.25, 0.3) is 11.8 Å². The summed E-state index contributed by atoms with van der Waals surface area (Å²) >= 11 is 0. The van der Waals surface area contributed by atoms with Crippen LogP contribution in [-0.2, 0) is 0 Å². The van der Waals surface area contributed by atoms with Crippen molar-refractivity contribution in [3.8, 4) is 0 Å². The van der Waals surface area contributed by atoms with Crippen LogP contribution in [0.2, 0.25) is 0 Å². The molecule has 0 atom stereocenters. The number of hydrogen-bond acceptors (Lipinski definition) is 4. The van der Waals surface area contributed by atoms with Crippen LogP contribution in [0.25, 0.3) is 0 Å². The van der Waals surface area contributed by atoms with Crippen LogP contribution in [0.1, 0.15) is 70.5 Å². The number of nitrogens with zero attached hydrogens (tertiary/aromatic N) is 3. The number of carbonyl (C=O) groups is 2. The van der Waals surface area contributed by atoms with Crippen molar-refractivity contribution in [2.75, 3.05) is 26.2 Å². The van der Waals surface area contributed by atoms with Gasteiger partial charge in [0, 0.05) is 32.1 Å². The Kier molecular flexibility index (Phi) is 5.83. The van der Waals surface area contributed by atoms with Gasteiger partial charge in [0.05, 0.1) is 5.56 Å². The molecule has 30 heavy (non-hydrogen) atoms. The summed E-state index contributed by atoms with van der Waals surface area (Å²) in [4.78, 5) is 33.2. The number of hydrogen-bond donors (Lipinski definition) is 0. The second-order valence-corrected chi connectivity index (χ2v) is 8.00. The van der Waals surface area contributed by atoms with Crippen molar-refractivity contribution in [3.63, 3.8) is 0 Å². The molecule has 0 aliphatic carbocycles. The Morgan fingerprint density at radius 3 is 2.37 bits per heavy atom. The Morgan fingerprint density at radius 1 is 1.00 bits per heavy atom. The van der Waals surface area contributed by atoms with E-state index in [9.17, 15) is 18.4 Å². The fourth-order valence-corrected chi connectivity index (χ4v) is 4.20. The third kappa shape index (κ3) is 4.08. The van der Waals surface area contributed by atoms with Crippen molar-refractivity contribution in [1.82, 2.24) is 14.8 Å². The number of aryl methyl sites for hydroxylation is 1. The highest BCUT2D eigenvalue weighted by Gasteiger charge is 2.31. The van der Waals surface area contributed by atoms with Crippen LogP contribution >= 0.6 is 0 Å². The molecule has 0 radical (unpaired) electrons. The smallest absolute Gasteiger partial charge is 0.276 e. The van der Waals surface area contributed by atoms with Crippen LogP contribution in [0.5, 0.6) is 0 Å². The fraction of sp³-hybridized carbons (Fsp3) is 0.500. The SMILES string of the molecule is Cc1oc(C2CCN(C(=O)c3cc(F)ccc3F)CC2)nc1C(=O)N1CCCCC1. The lowest BCUT2D eigenvalue weighted by Gasteiger charge is -2.30. The molecule has 2 aliphatic heterocycles. The Labute approximate surface area is 173 Å². The van der Waals surface area contributed by atoms with Crippen molar-refractivity contribution in [1.29, 1.82) is 0 Å². The van der Waals surface area contributed by atoms with Gasteiger partial charge in [0.2, 0.25) is 0 Å². The maximum absolute atomic E-state index is 13.9. The molecule has 2 fully saturated rings. The summed E-state index contributed by atoms with van der Waals surface area (Å²) < 4.78 is 33.1. The van der Waals surface area contributed by atoms with E-state index >= 15 is 0 Å². The first-order valence-corrected chi connectivity index (χ1v) is 10.4. The molecule has 0 N–H and O–H groups in total. The highest BCUT2D eigenvalue weighted by atomic mass is 19.1. The number of piperidine rings is 2. The Morgan fingerprint density at radius 2 is 1.67 bits per heavy atom. The molecule has 0 bridgehead atoms. The van der Waals surface area contributed by atoms with E-state index in [4.69, 9.17) is 4.42 Å². The Hall–Kier alpha value is -2.77. The number of amides is 2. The van der Waals surface area contributed by atoms with E-state index < -0.39 is 17.5 Å². The predicted molar refractivity (Wildman–Crippen MR) is 105 cm³/mol. The van der Waals surface area contributed by atoms with Crippen molar-refractivity contribution in [2.24, 2.45) is 0 Å². The number of likely N-dealkylation sites (tertiary alicyclic amines) is 2. The average Bonchev–Trinajstić information content (AvgIpc) is 3.16. The van der Waals surface area contributed by atoms with Crippen LogP contribution in [0.4, 0.5) is 8.78 Å². The highest BCUT2D eigenvalue weighted by Crippen LogP contribution is 2.30. The molecule has 0 spiro atoms. The molecule has 1 aromatic heterocycles. The zero-order valence-electron chi connectivity index (χ0n) is 17.0. The Bertz CT molecular complexity index is 945. The van der Waals surface area contributed by atoms with Gasteiger partial charge < -0.3 is 14.2 Å². The number of halogens is 2. The van der Waals surface area contributed by atoms with Gasteiger partial charge in [-0.15, -0.1) is 0 Å². The van der Waals surface area contributed by atoms with Gasteiger partial charge in [-0.25, -0.2) is 13.8 Å². The summed E-state index contributed by atoms with van der Waals surface area (Å²) in [5, 5.41) is 0. The largest absolute Gasteiger partial charge is 0.445 e. The van der Waals surface area contributed by atoms with Gasteiger partial charge in [0.1, 0.15) is 17.4 Å². The molecule has 6 nitrogen and oxygen atoms in total.